The molecule has 0 amide bonds. The van der Waals surface area contributed by atoms with Crippen LogP contribution in [-0.2, 0) is 0 Å². The van der Waals surface area contributed by atoms with Gasteiger partial charge in [-0.1, -0.05) is 12.1 Å². The Balaban J connectivity index is 2.60. The van der Waals surface area contributed by atoms with Gasteiger partial charge in [0.05, 0.1) is 16.7 Å². The molecule has 3 rings (SSSR count). The zero-order valence-corrected chi connectivity index (χ0v) is 7.28. The molecule has 0 radical (unpaired) electrons. The smallest absolute Gasteiger partial charge is 0.134 e. The first-order valence-corrected chi connectivity index (χ1v) is 4.28. The van der Waals surface area contributed by atoms with E-state index in [1.54, 1.807) is 0 Å². The van der Waals surface area contributed by atoms with Gasteiger partial charge in [0.15, 0.2) is 0 Å². The number of aryl methyl sites for hydroxylation is 1. The molecule has 13 heavy (non-hydrogen) atoms. The Morgan fingerprint density at radius 1 is 1.31 bits per heavy atom. The molecule has 0 aliphatic heterocycles. The fourth-order valence-corrected chi connectivity index (χ4v) is 1.67. The number of aromatic nitrogens is 3. The Kier molecular flexibility index (Phi) is 1.10. The third kappa shape index (κ3) is 0.811. The van der Waals surface area contributed by atoms with E-state index in [9.17, 15) is 0 Å². The minimum atomic E-state index is 1.04. The van der Waals surface area contributed by atoms with Crippen molar-refractivity contribution in [1.82, 2.24) is 14.6 Å². The fourth-order valence-electron chi connectivity index (χ4n) is 1.67. The Bertz CT molecular complexity index is 574. The summed E-state index contributed by atoms with van der Waals surface area (Å²) in [5.74, 6) is 0. The van der Waals surface area contributed by atoms with Crippen LogP contribution in [0.15, 0.2) is 30.3 Å². The fraction of sp³-hybridized carbons (Fsp3) is 0.100. The molecule has 0 bridgehead atoms. The van der Waals surface area contributed by atoms with Crippen molar-refractivity contribution in [3.8, 4) is 0 Å². The third-order valence-corrected chi connectivity index (χ3v) is 2.23. The second-order valence-electron chi connectivity index (χ2n) is 3.22. The molecular weight excluding hydrogens is 162 g/mol. The summed E-state index contributed by atoms with van der Waals surface area (Å²) in [4.78, 5) is 3.30. The van der Waals surface area contributed by atoms with Crippen molar-refractivity contribution < 1.29 is 0 Å². The van der Waals surface area contributed by atoms with Crippen LogP contribution >= 0.6 is 0 Å². The first kappa shape index (κ1) is 6.71. The van der Waals surface area contributed by atoms with Gasteiger partial charge in [-0.2, -0.15) is 5.10 Å². The van der Waals surface area contributed by atoms with Gasteiger partial charge in [-0.15, -0.1) is 0 Å². The summed E-state index contributed by atoms with van der Waals surface area (Å²) < 4.78 is 1.94. The molecule has 0 unspecified atom stereocenters. The maximum absolute atomic E-state index is 4.39. The lowest BCUT2D eigenvalue weighted by Gasteiger charge is -1.87. The van der Waals surface area contributed by atoms with E-state index >= 15 is 0 Å². The van der Waals surface area contributed by atoms with Gasteiger partial charge in [-0.25, -0.2) is 4.52 Å². The van der Waals surface area contributed by atoms with Crippen LogP contribution in [0.5, 0.6) is 0 Å². The molecule has 3 nitrogen and oxygen atoms in total. The number of hydrogen-bond acceptors (Lipinski definition) is 1. The van der Waals surface area contributed by atoms with Crippen molar-refractivity contribution >= 4 is 16.7 Å². The number of nitrogens with one attached hydrogen (secondary N) is 1. The highest BCUT2D eigenvalue weighted by atomic mass is 15.3. The van der Waals surface area contributed by atoms with Crippen molar-refractivity contribution in [1.29, 1.82) is 0 Å². The normalized spacial score (nSPS) is 11.5. The minimum Gasteiger partial charge on any atom is -0.338 e. The Labute approximate surface area is 75.0 Å². The van der Waals surface area contributed by atoms with Crippen LogP contribution in [0.2, 0.25) is 0 Å². The van der Waals surface area contributed by atoms with Gasteiger partial charge in [-0.3, -0.25) is 0 Å². The maximum Gasteiger partial charge on any atom is 0.134 e. The number of para-hydroxylation sites is 2. The highest BCUT2D eigenvalue weighted by Crippen LogP contribution is 2.15. The predicted molar refractivity (Wildman–Crippen MR) is 51.8 cm³/mol. The van der Waals surface area contributed by atoms with Gasteiger partial charge in [-0.05, 0) is 19.1 Å². The van der Waals surface area contributed by atoms with Gasteiger partial charge < -0.3 is 4.98 Å². The molecule has 3 aromatic rings. The van der Waals surface area contributed by atoms with E-state index in [1.165, 1.54) is 0 Å². The number of imidazole rings is 1. The van der Waals surface area contributed by atoms with Crippen LogP contribution in [0.1, 0.15) is 5.69 Å². The minimum absolute atomic E-state index is 1.04. The Hall–Kier alpha value is -1.77. The number of fused-ring (bicyclic) bond motifs is 3. The van der Waals surface area contributed by atoms with E-state index < -0.39 is 0 Å². The quantitative estimate of drug-likeness (QED) is 0.552. The summed E-state index contributed by atoms with van der Waals surface area (Å²) in [7, 11) is 0. The zero-order valence-electron chi connectivity index (χ0n) is 7.28. The molecule has 2 aromatic heterocycles. The number of benzene rings is 1. The SMILES string of the molecule is Cc1cc2[nH]c3ccccc3n2n1. The average Bonchev–Trinajstić information content (AvgIpc) is 2.60. The van der Waals surface area contributed by atoms with Crippen molar-refractivity contribution in [3.05, 3.63) is 36.0 Å². The van der Waals surface area contributed by atoms with Gasteiger partial charge >= 0.3 is 0 Å². The van der Waals surface area contributed by atoms with Crippen molar-refractivity contribution in [3.63, 3.8) is 0 Å². The molecule has 1 N–H and O–H groups in total. The standard InChI is InChI=1S/C10H9N3/c1-7-6-10-11-8-4-2-3-5-9(8)13(10)12-7/h2-6,11H,1H3. The number of nitrogens with zero attached hydrogens (tertiary/aromatic N) is 2. The largest absolute Gasteiger partial charge is 0.338 e. The van der Waals surface area contributed by atoms with E-state index in [0.717, 1.165) is 22.4 Å². The Morgan fingerprint density at radius 3 is 3.08 bits per heavy atom. The number of hydrogen-bond donors (Lipinski definition) is 1. The molecule has 0 aliphatic carbocycles. The molecule has 2 heterocycles. The second kappa shape index (κ2) is 2.13. The van der Waals surface area contributed by atoms with Gasteiger partial charge in [0.25, 0.3) is 0 Å². The summed E-state index contributed by atoms with van der Waals surface area (Å²) >= 11 is 0. The van der Waals surface area contributed by atoms with E-state index in [4.69, 9.17) is 0 Å². The average molecular weight is 171 g/mol. The molecular formula is C10H9N3. The van der Waals surface area contributed by atoms with Gasteiger partial charge in [0, 0.05) is 6.07 Å². The molecule has 0 atom stereocenters. The number of aromatic amines is 1. The highest BCUT2D eigenvalue weighted by Gasteiger charge is 2.03. The lowest BCUT2D eigenvalue weighted by atomic mass is 10.3. The van der Waals surface area contributed by atoms with Gasteiger partial charge in [0.2, 0.25) is 0 Å². The number of H-pyrrole nitrogens is 1. The van der Waals surface area contributed by atoms with E-state index in [-0.39, 0.29) is 0 Å². The van der Waals surface area contributed by atoms with Crippen LogP contribution in [0.25, 0.3) is 16.7 Å². The maximum atomic E-state index is 4.39. The zero-order chi connectivity index (χ0) is 8.84. The first-order valence-electron chi connectivity index (χ1n) is 4.28. The number of rotatable bonds is 0. The van der Waals surface area contributed by atoms with Crippen LogP contribution in [0.3, 0.4) is 0 Å². The predicted octanol–water partition coefficient (Wildman–Crippen LogP) is 2.12. The molecule has 64 valence electrons. The second-order valence-corrected chi connectivity index (χ2v) is 3.22. The van der Waals surface area contributed by atoms with Crippen molar-refractivity contribution in [2.45, 2.75) is 6.92 Å². The van der Waals surface area contributed by atoms with E-state index in [2.05, 4.69) is 22.2 Å². The van der Waals surface area contributed by atoms with Crippen molar-refractivity contribution in [2.24, 2.45) is 0 Å². The molecule has 0 saturated carbocycles. The van der Waals surface area contributed by atoms with Crippen molar-refractivity contribution in [2.75, 3.05) is 0 Å². The summed E-state index contributed by atoms with van der Waals surface area (Å²) in [6, 6.07) is 10.2. The molecule has 0 aliphatic rings. The summed E-state index contributed by atoms with van der Waals surface area (Å²) in [5.41, 5.74) is 4.35. The van der Waals surface area contributed by atoms with Gasteiger partial charge in [0.1, 0.15) is 5.65 Å². The summed E-state index contributed by atoms with van der Waals surface area (Å²) in [6.45, 7) is 2.00. The van der Waals surface area contributed by atoms with Crippen LogP contribution in [-0.4, -0.2) is 14.6 Å². The molecule has 0 saturated heterocycles. The van der Waals surface area contributed by atoms with Crippen LogP contribution in [0, 0.1) is 6.92 Å². The monoisotopic (exact) mass is 171 g/mol. The molecule has 0 spiro atoms. The summed E-state index contributed by atoms with van der Waals surface area (Å²) in [6.07, 6.45) is 0. The molecule has 3 heteroatoms. The highest BCUT2D eigenvalue weighted by molar-refractivity contribution is 5.79. The van der Waals surface area contributed by atoms with E-state index in [1.807, 2.05) is 29.6 Å². The Morgan fingerprint density at radius 2 is 2.15 bits per heavy atom. The summed E-state index contributed by atoms with van der Waals surface area (Å²) in [5, 5.41) is 4.39. The lowest BCUT2D eigenvalue weighted by Crippen LogP contribution is -1.82. The lowest BCUT2D eigenvalue weighted by molar-refractivity contribution is 0.974. The first-order chi connectivity index (χ1) is 6.34. The topological polar surface area (TPSA) is 33.1 Å². The van der Waals surface area contributed by atoms with E-state index in [0.29, 0.717) is 0 Å². The molecule has 1 aromatic carbocycles. The molecule has 0 fully saturated rings. The van der Waals surface area contributed by atoms with Crippen LogP contribution < -0.4 is 0 Å². The van der Waals surface area contributed by atoms with Crippen LogP contribution in [0.4, 0.5) is 0 Å². The third-order valence-electron chi connectivity index (χ3n) is 2.23.